The van der Waals surface area contributed by atoms with Crippen LogP contribution >= 0.6 is 0 Å². The van der Waals surface area contributed by atoms with Gasteiger partial charge >= 0.3 is 0 Å². The van der Waals surface area contributed by atoms with Crippen molar-refractivity contribution in [2.75, 3.05) is 6.54 Å². The molecule has 0 bridgehead atoms. The molecule has 0 spiro atoms. The van der Waals surface area contributed by atoms with Crippen molar-refractivity contribution in [3.63, 3.8) is 0 Å². The van der Waals surface area contributed by atoms with Crippen molar-refractivity contribution in [2.45, 2.75) is 18.7 Å². The smallest absolute Gasteiger partial charge is 0.213 e. The molecule has 1 aliphatic rings. The second-order valence-corrected chi connectivity index (χ2v) is 5.45. The van der Waals surface area contributed by atoms with Crippen LogP contribution in [0.2, 0.25) is 0 Å². The summed E-state index contributed by atoms with van der Waals surface area (Å²) in [6.07, 6.45) is 0.952. The molecule has 0 radical (unpaired) electrons. The highest BCUT2D eigenvalue weighted by Gasteiger charge is 2.11. The van der Waals surface area contributed by atoms with Crippen molar-refractivity contribution < 1.29 is 8.42 Å². The lowest BCUT2D eigenvalue weighted by Gasteiger charge is -2.17. The molecule has 3 N–H and O–H groups in total. The summed E-state index contributed by atoms with van der Waals surface area (Å²) in [5.41, 5.74) is 3.26. The van der Waals surface area contributed by atoms with Crippen LogP contribution in [0.3, 0.4) is 0 Å². The number of benzene rings is 1. The third kappa shape index (κ3) is 2.77. The Bertz CT molecular complexity index is 468. The first-order valence-corrected chi connectivity index (χ1v) is 6.58. The maximum Gasteiger partial charge on any atom is 0.213 e. The monoisotopic (exact) mass is 226 g/mol. The Labute approximate surface area is 89.5 Å². The molecule has 0 atom stereocenters. The Morgan fingerprint density at radius 3 is 2.87 bits per heavy atom. The van der Waals surface area contributed by atoms with Crippen LogP contribution in [0.5, 0.6) is 0 Å². The largest absolute Gasteiger partial charge is 0.312 e. The van der Waals surface area contributed by atoms with Gasteiger partial charge in [0, 0.05) is 6.54 Å². The molecule has 4 nitrogen and oxygen atoms in total. The zero-order valence-corrected chi connectivity index (χ0v) is 9.18. The summed E-state index contributed by atoms with van der Waals surface area (Å²) in [6, 6.07) is 5.75. The van der Waals surface area contributed by atoms with Crippen molar-refractivity contribution in [2.24, 2.45) is 5.14 Å². The average Bonchev–Trinajstić information content (AvgIpc) is 2.15. The van der Waals surface area contributed by atoms with Gasteiger partial charge in [-0.1, -0.05) is 18.2 Å². The minimum absolute atomic E-state index is 0.0757. The third-order valence-electron chi connectivity index (χ3n) is 2.53. The standard InChI is InChI=1S/C10H14N2O2S/c11-15(13,14)7-8-1-2-10-6-12-4-3-9(10)5-8/h1-2,5,12H,3-4,6-7H2,(H2,11,13,14). The van der Waals surface area contributed by atoms with Gasteiger partial charge in [0.15, 0.2) is 0 Å². The predicted molar refractivity (Wildman–Crippen MR) is 58.7 cm³/mol. The number of primary sulfonamides is 1. The van der Waals surface area contributed by atoms with Crippen molar-refractivity contribution in [1.82, 2.24) is 5.32 Å². The van der Waals surface area contributed by atoms with Crippen LogP contribution in [-0.4, -0.2) is 15.0 Å². The Hall–Kier alpha value is -0.910. The van der Waals surface area contributed by atoms with Crippen LogP contribution in [0.1, 0.15) is 16.7 Å². The lowest BCUT2D eigenvalue weighted by molar-refractivity contribution is 0.597. The first kappa shape index (κ1) is 10.6. The fourth-order valence-electron chi connectivity index (χ4n) is 1.85. The molecule has 82 valence electrons. The summed E-state index contributed by atoms with van der Waals surface area (Å²) in [4.78, 5) is 0. The molecule has 15 heavy (non-hydrogen) atoms. The Balaban J connectivity index is 2.28. The SMILES string of the molecule is NS(=O)(=O)Cc1ccc2c(c1)CCNC2. The molecule has 1 heterocycles. The fraction of sp³-hybridized carbons (Fsp3) is 0.400. The molecule has 2 rings (SSSR count). The van der Waals surface area contributed by atoms with Crippen LogP contribution in [0.15, 0.2) is 18.2 Å². The molecule has 0 amide bonds. The molecule has 0 unspecified atom stereocenters. The zero-order valence-electron chi connectivity index (χ0n) is 8.36. The van der Waals surface area contributed by atoms with E-state index in [2.05, 4.69) is 5.32 Å². The van der Waals surface area contributed by atoms with Gasteiger partial charge in [-0.25, -0.2) is 13.6 Å². The first-order valence-electron chi connectivity index (χ1n) is 4.86. The van der Waals surface area contributed by atoms with Crippen LogP contribution in [0.25, 0.3) is 0 Å². The van der Waals surface area contributed by atoms with Crippen LogP contribution < -0.4 is 10.5 Å². The molecule has 1 aromatic rings. The summed E-state index contributed by atoms with van der Waals surface area (Å²) in [7, 11) is -3.42. The zero-order chi connectivity index (χ0) is 10.9. The van der Waals surface area contributed by atoms with E-state index in [1.807, 2.05) is 18.2 Å². The van der Waals surface area contributed by atoms with Crippen molar-refractivity contribution in [3.8, 4) is 0 Å². The molecule has 0 aliphatic carbocycles. The van der Waals surface area contributed by atoms with E-state index in [9.17, 15) is 8.42 Å². The van der Waals surface area contributed by atoms with Crippen molar-refractivity contribution in [1.29, 1.82) is 0 Å². The highest BCUT2D eigenvalue weighted by atomic mass is 32.2. The Morgan fingerprint density at radius 1 is 1.33 bits per heavy atom. The van der Waals surface area contributed by atoms with Gasteiger partial charge in [-0.2, -0.15) is 0 Å². The molecule has 1 aliphatic heterocycles. The second kappa shape index (κ2) is 3.92. The second-order valence-electron chi connectivity index (χ2n) is 3.84. The van der Waals surface area contributed by atoms with Gasteiger partial charge in [0.05, 0.1) is 5.75 Å². The van der Waals surface area contributed by atoms with Crippen LogP contribution in [0.4, 0.5) is 0 Å². The maximum atomic E-state index is 10.9. The average molecular weight is 226 g/mol. The summed E-state index contributed by atoms with van der Waals surface area (Å²) in [5, 5.41) is 8.27. The molecule has 0 saturated heterocycles. The van der Waals surface area contributed by atoms with E-state index in [0.717, 1.165) is 25.1 Å². The molecule has 1 aromatic carbocycles. The molecule has 0 fully saturated rings. The van der Waals surface area contributed by atoms with Crippen LogP contribution in [0, 0.1) is 0 Å². The lowest BCUT2D eigenvalue weighted by Crippen LogP contribution is -2.24. The highest BCUT2D eigenvalue weighted by Crippen LogP contribution is 2.16. The number of nitrogens with two attached hydrogens (primary N) is 1. The predicted octanol–water partition coefficient (Wildman–Crippen LogP) is 0.121. The van der Waals surface area contributed by atoms with E-state index in [-0.39, 0.29) is 5.75 Å². The maximum absolute atomic E-state index is 10.9. The molecule has 0 saturated carbocycles. The van der Waals surface area contributed by atoms with Gasteiger partial charge in [0.25, 0.3) is 0 Å². The third-order valence-corrected chi connectivity index (χ3v) is 3.26. The van der Waals surface area contributed by atoms with E-state index in [1.165, 1.54) is 11.1 Å². The number of rotatable bonds is 2. The number of nitrogens with one attached hydrogen (secondary N) is 1. The molecular weight excluding hydrogens is 212 g/mol. The van der Waals surface area contributed by atoms with E-state index < -0.39 is 10.0 Å². The van der Waals surface area contributed by atoms with Gasteiger partial charge in [-0.05, 0) is 29.7 Å². The van der Waals surface area contributed by atoms with Gasteiger partial charge in [0.2, 0.25) is 10.0 Å². The van der Waals surface area contributed by atoms with E-state index in [1.54, 1.807) is 0 Å². The van der Waals surface area contributed by atoms with E-state index >= 15 is 0 Å². The first-order chi connectivity index (χ1) is 7.04. The Kier molecular flexibility index (Phi) is 2.77. The fourth-order valence-corrected chi connectivity index (χ4v) is 2.50. The highest BCUT2D eigenvalue weighted by molar-refractivity contribution is 7.88. The summed E-state index contributed by atoms with van der Waals surface area (Å²) in [6.45, 7) is 1.82. The number of fused-ring (bicyclic) bond motifs is 1. The summed E-state index contributed by atoms with van der Waals surface area (Å²) < 4.78 is 21.9. The number of sulfonamides is 1. The van der Waals surface area contributed by atoms with Gasteiger partial charge in [-0.15, -0.1) is 0 Å². The topological polar surface area (TPSA) is 72.2 Å². The quantitative estimate of drug-likeness (QED) is 0.752. The summed E-state index contributed by atoms with van der Waals surface area (Å²) >= 11 is 0. The number of hydrogen-bond donors (Lipinski definition) is 2. The van der Waals surface area contributed by atoms with Crippen LogP contribution in [-0.2, 0) is 28.7 Å². The molecule has 0 aromatic heterocycles. The van der Waals surface area contributed by atoms with Gasteiger partial charge in [-0.3, -0.25) is 0 Å². The molecular formula is C10H14N2O2S. The normalized spacial score (nSPS) is 16.1. The lowest BCUT2D eigenvalue weighted by atomic mass is 9.99. The van der Waals surface area contributed by atoms with Gasteiger partial charge in [0.1, 0.15) is 0 Å². The van der Waals surface area contributed by atoms with Gasteiger partial charge < -0.3 is 5.32 Å². The minimum Gasteiger partial charge on any atom is -0.312 e. The van der Waals surface area contributed by atoms with Crippen molar-refractivity contribution >= 4 is 10.0 Å². The molecule has 5 heteroatoms. The summed E-state index contributed by atoms with van der Waals surface area (Å²) in [5.74, 6) is -0.0757. The van der Waals surface area contributed by atoms with E-state index in [0.29, 0.717) is 0 Å². The minimum atomic E-state index is -3.42. The van der Waals surface area contributed by atoms with Crippen molar-refractivity contribution in [3.05, 3.63) is 34.9 Å². The number of hydrogen-bond acceptors (Lipinski definition) is 3. The Morgan fingerprint density at radius 2 is 2.13 bits per heavy atom. The van der Waals surface area contributed by atoms with E-state index in [4.69, 9.17) is 5.14 Å².